The Morgan fingerprint density at radius 1 is 1.10 bits per heavy atom. The third-order valence-electron chi connectivity index (χ3n) is 5.12. The van der Waals surface area contributed by atoms with Gasteiger partial charge < -0.3 is 10.2 Å². The minimum absolute atomic E-state index is 0.0407. The Labute approximate surface area is 175 Å². The number of carbonyl (C=O) groups excluding carboxylic acids is 2. The Balaban J connectivity index is 1.61. The van der Waals surface area contributed by atoms with Crippen LogP contribution in [0.4, 0.5) is 5.69 Å². The first-order valence-corrected chi connectivity index (χ1v) is 9.97. The van der Waals surface area contributed by atoms with Crippen LogP contribution in [-0.4, -0.2) is 39.9 Å². The fourth-order valence-electron chi connectivity index (χ4n) is 3.34. The third-order valence-corrected chi connectivity index (χ3v) is 5.12. The van der Waals surface area contributed by atoms with E-state index < -0.39 is 0 Å². The summed E-state index contributed by atoms with van der Waals surface area (Å²) < 4.78 is 1.48. The van der Waals surface area contributed by atoms with Gasteiger partial charge in [-0.25, -0.2) is 4.98 Å². The zero-order valence-electron chi connectivity index (χ0n) is 17.5. The highest BCUT2D eigenvalue weighted by Crippen LogP contribution is 2.15. The average molecular weight is 406 g/mol. The molecule has 0 radical (unpaired) electrons. The first-order valence-electron chi connectivity index (χ1n) is 9.97. The van der Waals surface area contributed by atoms with Gasteiger partial charge in [0.25, 0.3) is 5.56 Å². The molecule has 0 saturated carbocycles. The number of nitrogens with zero attached hydrogens (tertiary/aromatic N) is 3. The molecule has 1 N–H and O–H groups in total. The lowest BCUT2D eigenvalue weighted by Crippen LogP contribution is -2.35. The number of fused-ring (bicyclic) bond motifs is 1. The molecule has 7 nitrogen and oxygen atoms in total. The van der Waals surface area contributed by atoms with Gasteiger partial charge in [0.2, 0.25) is 11.8 Å². The molecular weight excluding hydrogens is 380 g/mol. The summed E-state index contributed by atoms with van der Waals surface area (Å²) in [6.07, 6.45) is 1.29. The van der Waals surface area contributed by atoms with Gasteiger partial charge in [0.15, 0.2) is 0 Å². The standard InChI is InChI=1S/C23H26N4O3/c1-4-16-9-5-7-11-18(16)25-21(28)15-26(2)22(29)14-13-20-24-19-12-8-6-10-17(19)23(30)27(20)3/h5-12H,4,13-15H2,1-3H3,(H,25,28). The number of aromatic nitrogens is 2. The second-order valence-electron chi connectivity index (χ2n) is 7.22. The first kappa shape index (κ1) is 21.2. The highest BCUT2D eigenvalue weighted by atomic mass is 16.2. The van der Waals surface area contributed by atoms with Crippen LogP contribution >= 0.6 is 0 Å². The number of carbonyl (C=O) groups is 2. The van der Waals surface area contributed by atoms with E-state index in [-0.39, 0.29) is 30.3 Å². The van der Waals surface area contributed by atoms with E-state index in [9.17, 15) is 14.4 Å². The molecule has 156 valence electrons. The molecule has 0 spiro atoms. The minimum Gasteiger partial charge on any atom is -0.336 e. The second-order valence-corrected chi connectivity index (χ2v) is 7.22. The SMILES string of the molecule is CCc1ccccc1NC(=O)CN(C)C(=O)CCc1nc2ccccc2c(=O)n1C. The van der Waals surface area contributed by atoms with Crippen molar-refractivity contribution in [1.29, 1.82) is 0 Å². The third kappa shape index (κ3) is 4.74. The van der Waals surface area contributed by atoms with Crippen molar-refractivity contribution in [2.24, 2.45) is 7.05 Å². The Bertz CT molecular complexity index is 1140. The van der Waals surface area contributed by atoms with Gasteiger partial charge in [-0.05, 0) is 30.2 Å². The van der Waals surface area contributed by atoms with Gasteiger partial charge in [0, 0.05) is 32.6 Å². The topological polar surface area (TPSA) is 84.3 Å². The lowest BCUT2D eigenvalue weighted by atomic mass is 10.1. The van der Waals surface area contributed by atoms with E-state index >= 15 is 0 Å². The number of anilines is 1. The molecule has 1 heterocycles. The normalized spacial score (nSPS) is 10.8. The van der Waals surface area contributed by atoms with Crippen molar-refractivity contribution < 1.29 is 9.59 Å². The summed E-state index contributed by atoms with van der Waals surface area (Å²) in [5, 5.41) is 3.42. The monoisotopic (exact) mass is 406 g/mol. The van der Waals surface area contributed by atoms with Crippen LogP contribution in [-0.2, 0) is 29.5 Å². The van der Waals surface area contributed by atoms with E-state index in [4.69, 9.17) is 0 Å². The van der Waals surface area contributed by atoms with Gasteiger partial charge in [-0.15, -0.1) is 0 Å². The molecule has 0 aliphatic rings. The highest BCUT2D eigenvalue weighted by molar-refractivity contribution is 5.95. The summed E-state index contributed by atoms with van der Waals surface area (Å²) in [6, 6.07) is 14.8. The van der Waals surface area contributed by atoms with Crippen molar-refractivity contribution in [1.82, 2.24) is 14.5 Å². The Morgan fingerprint density at radius 3 is 2.57 bits per heavy atom. The fourth-order valence-corrected chi connectivity index (χ4v) is 3.34. The molecule has 0 fully saturated rings. The molecule has 2 aromatic carbocycles. The summed E-state index contributed by atoms with van der Waals surface area (Å²) in [7, 11) is 3.25. The summed E-state index contributed by atoms with van der Waals surface area (Å²) >= 11 is 0. The minimum atomic E-state index is -0.247. The Morgan fingerprint density at radius 2 is 1.80 bits per heavy atom. The molecule has 3 rings (SSSR count). The molecule has 0 bridgehead atoms. The quantitative estimate of drug-likeness (QED) is 0.653. The molecule has 0 aliphatic carbocycles. The average Bonchev–Trinajstić information content (AvgIpc) is 2.75. The number of hydrogen-bond acceptors (Lipinski definition) is 4. The molecule has 0 atom stereocenters. The number of rotatable bonds is 7. The predicted octanol–water partition coefficient (Wildman–Crippen LogP) is 2.53. The molecule has 7 heteroatoms. The zero-order chi connectivity index (χ0) is 21.7. The Kier molecular flexibility index (Phi) is 6.61. The van der Waals surface area contributed by atoms with Gasteiger partial charge in [0.1, 0.15) is 5.82 Å². The van der Waals surface area contributed by atoms with Crippen LogP contribution in [0.5, 0.6) is 0 Å². The smallest absolute Gasteiger partial charge is 0.261 e. The van der Waals surface area contributed by atoms with Crippen molar-refractivity contribution in [3.8, 4) is 0 Å². The largest absolute Gasteiger partial charge is 0.336 e. The van der Waals surface area contributed by atoms with E-state index in [1.54, 1.807) is 32.3 Å². The number of likely N-dealkylation sites (N-methyl/N-ethyl adjacent to an activating group) is 1. The van der Waals surface area contributed by atoms with Crippen LogP contribution in [0.25, 0.3) is 10.9 Å². The summed E-state index contributed by atoms with van der Waals surface area (Å²) in [6.45, 7) is 1.98. The van der Waals surface area contributed by atoms with E-state index in [0.717, 1.165) is 17.7 Å². The summed E-state index contributed by atoms with van der Waals surface area (Å²) in [4.78, 5) is 43.3. The number of nitrogens with one attached hydrogen (secondary N) is 1. The number of hydrogen-bond donors (Lipinski definition) is 1. The van der Waals surface area contributed by atoms with Crippen molar-refractivity contribution >= 4 is 28.4 Å². The summed E-state index contributed by atoms with van der Waals surface area (Å²) in [5.74, 6) is 0.112. The lowest BCUT2D eigenvalue weighted by Gasteiger charge is -2.18. The van der Waals surface area contributed by atoms with E-state index in [0.29, 0.717) is 23.1 Å². The molecule has 30 heavy (non-hydrogen) atoms. The van der Waals surface area contributed by atoms with Gasteiger partial charge in [0.05, 0.1) is 17.4 Å². The number of benzene rings is 2. The van der Waals surface area contributed by atoms with Crippen molar-refractivity contribution in [3.63, 3.8) is 0 Å². The highest BCUT2D eigenvalue weighted by Gasteiger charge is 2.16. The van der Waals surface area contributed by atoms with Crippen molar-refractivity contribution in [2.45, 2.75) is 26.2 Å². The number of aryl methyl sites for hydroxylation is 2. The van der Waals surface area contributed by atoms with Crippen LogP contribution in [0, 0.1) is 0 Å². The molecule has 0 aliphatic heterocycles. The van der Waals surface area contributed by atoms with E-state index in [1.165, 1.54) is 9.47 Å². The van der Waals surface area contributed by atoms with Gasteiger partial charge in [-0.3, -0.25) is 19.0 Å². The van der Waals surface area contributed by atoms with Crippen molar-refractivity contribution in [3.05, 3.63) is 70.3 Å². The Hall–Kier alpha value is -3.48. The van der Waals surface area contributed by atoms with Gasteiger partial charge in [-0.1, -0.05) is 37.3 Å². The van der Waals surface area contributed by atoms with Crippen molar-refractivity contribution in [2.75, 3.05) is 18.9 Å². The predicted molar refractivity (Wildman–Crippen MR) is 117 cm³/mol. The van der Waals surface area contributed by atoms with Crippen LogP contribution < -0.4 is 10.9 Å². The van der Waals surface area contributed by atoms with Crippen LogP contribution in [0.1, 0.15) is 24.7 Å². The van der Waals surface area contributed by atoms with E-state index in [2.05, 4.69) is 10.3 Å². The first-order chi connectivity index (χ1) is 14.4. The second kappa shape index (κ2) is 9.35. The van der Waals surface area contributed by atoms with Crippen LogP contribution in [0.15, 0.2) is 53.3 Å². The number of para-hydroxylation sites is 2. The molecule has 2 amide bonds. The summed E-state index contributed by atoms with van der Waals surface area (Å²) in [5.41, 5.74) is 2.29. The molecule has 0 saturated heterocycles. The fraction of sp³-hybridized carbons (Fsp3) is 0.304. The molecule has 3 aromatic rings. The van der Waals surface area contributed by atoms with Gasteiger partial charge >= 0.3 is 0 Å². The number of amides is 2. The van der Waals surface area contributed by atoms with Gasteiger partial charge in [-0.2, -0.15) is 0 Å². The maximum atomic E-state index is 12.5. The lowest BCUT2D eigenvalue weighted by molar-refractivity contribution is -0.133. The molecule has 1 aromatic heterocycles. The van der Waals surface area contributed by atoms with Crippen LogP contribution in [0.3, 0.4) is 0 Å². The molecule has 0 unspecified atom stereocenters. The van der Waals surface area contributed by atoms with Crippen LogP contribution in [0.2, 0.25) is 0 Å². The molecular formula is C23H26N4O3. The van der Waals surface area contributed by atoms with E-state index in [1.807, 2.05) is 37.3 Å². The maximum Gasteiger partial charge on any atom is 0.261 e. The maximum absolute atomic E-state index is 12.5. The zero-order valence-corrected chi connectivity index (χ0v) is 17.5.